The van der Waals surface area contributed by atoms with E-state index in [9.17, 15) is 4.79 Å². The monoisotopic (exact) mass is 315 g/mol. The van der Waals surface area contributed by atoms with Crippen LogP contribution in [0.3, 0.4) is 0 Å². The maximum atomic E-state index is 11.3. The van der Waals surface area contributed by atoms with Crippen molar-refractivity contribution in [2.75, 3.05) is 7.11 Å². The summed E-state index contributed by atoms with van der Waals surface area (Å²) in [6.07, 6.45) is 0. The number of aryl methyl sites for hydroxylation is 1. The Labute approximate surface area is 101 Å². The van der Waals surface area contributed by atoms with Gasteiger partial charge in [-0.2, -0.15) is 0 Å². The van der Waals surface area contributed by atoms with Gasteiger partial charge in [0.25, 0.3) is 0 Å². The fourth-order valence-electron chi connectivity index (χ4n) is 1.54. The summed E-state index contributed by atoms with van der Waals surface area (Å²) in [6, 6.07) is 5.52. The Kier molecular flexibility index (Phi) is 2.68. The smallest absolute Gasteiger partial charge is 0.337 e. The first kappa shape index (κ1) is 10.5. The average molecular weight is 315 g/mol. The number of carbonyl (C=O) groups is 1. The number of H-pyrrole nitrogens is 1. The first-order chi connectivity index (χ1) is 7.13. The van der Waals surface area contributed by atoms with Crippen molar-refractivity contribution >= 4 is 39.5 Å². The van der Waals surface area contributed by atoms with Gasteiger partial charge in [-0.3, -0.25) is 0 Å². The van der Waals surface area contributed by atoms with Crippen LogP contribution in [0.25, 0.3) is 10.9 Å². The molecule has 1 N–H and O–H groups in total. The number of methoxy groups -OCH3 is 1. The molecule has 0 unspecified atom stereocenters. The van der Waals surface area contributed by atoms with Crippen LogP contribution in [0.1, 0.15) is 16.1 Å². The second-order valence-electron chi connectivity index (χ2n) is 3.32. The van der Waals surface area contributed by atoms with Crippen LogP contribution >= 0.6 is 22.6 Å². The largest absolute Gasteiger partial charge is 0.465 e. The van der Waals surface area contributed by atoms with Gasteiger partial charge in [-0.1, -0.05) is 0 Å². The van der Waals surface area contributed by atoms with Gasteiger partial charge in [0.2, 0.25) is 0 Å². The van der Waals surface area contributed by atoms with Gasteiger partial charge in [0.15, 0.2) is 0 Å². The minimum Gasteiger partial charge on any atom is -0.465 e. The molecule has 78 valence electrons. The van der Waals surface area contributed by atoms with Crippen molar-refractivity contribution < 1.29 is 9.53 Å². The maximum absolute atomic E-state index is 11.3. The molecule has 1 aromatic heterocycles. The zero-order valence-electron chi connectivity index (χ0n) is 8.43. The van der Waals surface area contributed by atoms with Crippen molar-refractivity contribution in [2.24, 2.45) is 0 Å². The summed E-state index contributed by atoms with van der Waals surface area (Å²) in [5, 5.41) is 1.07. The van der Waals surface area contributed by atoms with E-state index >= 15 is 0 Å². The molecule has 0 radical (unpaired) electrons. The van der Waals surface area contributed by atoms with Crippen LogP contribution in [0, 0.1) is 10.5 Å². The second kappa shape index (κ2) is 3.84. The third-order valence-corrected chi connectivity index (χ3v) is 3.72. The molecule has 0 aliphatic heterocycles. The van der Waals surface area contributed by atoms with E-state index in [4.69, 9.17) is 0 Å². The number of hydrogen-bond acceptors (Lipinski definition) is 2. The molecule has 2 aromatic rings. The molecule has 15 heavy (non-hydrogen) atoms. The number of aromatic nitrogens is 1. The molecule has 3 nitrogen and oxygen atoms in total. The highest BCUT2D eigenvalue weighted by Crippen LogP contribution is 2.24. The van der Waals surface area contributed by atoms with Gasteiger partial charge in [-0.05, 0) is 47.7 Å². The van der Waals surface area contributed by atoms with Crippen molar-refractivity contribution in [3.63, 3.8) is 0 Å². The molecule has 0 amide bonds. The minimum atomic E-state index is -0.299. The lowest BCUT2D eigenvalue weighted by molar-refractivity contribution is 0.0601. The predicted octanol–water partition coefficient (Wildman–Crippen LogP) is 2.87. The lowest BCUT2D eigenvalue weighted by Crippen LogP contribution is -2.00. The van der Waals surface area contributed by atoms with Crippen molar-refractivity contribution in [1.82, 2.24) is 4.98 Å². The number of ether oxygens (including phenoxy) is 1. The normalized spacial score (nSPS) is 10.6. The van der Waals surface area contributed by atoms with Crippen molar-refractivity contribution in [1.29, 1.82) is 0 Å². The van der Waals surface area contributed by atoms with E-state index in [1.54, 1.807) is 6.07 Å². The Bertz CT molecular complexity index is 531. The van der Waals surface area contributed by atoms with Crippen LogP contribution in [0.15, 0.2) is 18.2 Å². The van der Waals surface area contributed by atoms with E-state index < -0.39 is 0 Å². The van der Waals surface area contributed by atoms with Crippen LogP contribution in [-0.2, 0) is 4.74 Å². The van der Waals surface area contributed by atoms with E-state index in [0.717, 1.165) is 20.2 Å². The topological polar surface area (TPSA) is 42.1 Å². The fourth-order valence-corrected chi connectivity index (χ4v) is 2.12. The van der Waals surface area contributed by atoms with E-state index in [1.807, 2.05) is 19.1 Å². The van der Waals surface area contributed by atoms with E-state index in [0.29, 0.717) is 5.56 Å². The maximum Gasteiger partial charge on any atom is 0.337 e. The van der Waals surface area contributed by atoms with Crippen molar-refractivity contribution in [2.45, 2.75) is 6.92 Å². The van der Waals surface area contributed by atoms with Gasteiger partial charge < -0.3 is 9.72 Å². The van der Waals surface area contributed by atoms with E-state index in [1.165, 1.54) is 7.11 Å². The molecule has 4 heteroatoms. The number of rotatable bonds is 1. The number of nitrogens with one attached hydrogen (secondary N) is 1. The molecule has 0 aliphatic rings. The van der Waals surface area contributed by atoms with Crippen LogP contribution in [-0.4, -0.2) is 18.1 Å². The zero-order chi connectivity index (χ0) is 11.0. The van der Waals surface area contributed by atoms with Gasteiger partial charge >= 0.3 is 5.97 Å². The number of carbonyl (C=O) groups excluding carboxylic acids is 1. The van der Waals surface area contributed by atoms with Crippen LogP contribution in [0.4, 0.5) is 0 Å². The third kappa shape index (κ3) is 1.73. The summed E-state index contributed by atoms with van der Waals surface area (Å²) in [7, 11) is 1.39. The SMILES string of the molecule is COC(=O)c1ccc2[nH]c(C)c(I)c2c1. The first-order valence-corrected chi connectivity index (χ1v) is 5.57. The summed E-state index contributed by atoms with van der Waals surface area (Å²) in [6.45, 7) is 2.01. The van der Waals surface area contributed by atoms with Gasteiger partial charge in [0.1, 0.15) is 0 Å². The molecule has 1 aromatic carbocycles. The number of hydrogen-bond donors (Lipinski definition) is 1. The Morgan fingerprint density at radius 2 is 2.20 bits per heavy atom. The molecular formula is C11H10INO2. The lowest BCUT2D eigenvalue weighted by Gasteiger charge is -1.98. The highest BCUT2D eigenvalue weighted by atomic mass is 127. The average Bonchev–Trinajstić information content (AvgIpc) is 2.54. The molecule has 1 heterocycles. The summed E-state index contributed by atoms with van der Waals surface area (Å²) < 4.78 is 5.83. The second-order valence-corrected chi connectivity index (χ2v) is 4.39. The standard InChI is InChI=1S/C11H10INO2/c1-6-10(12)8-5-7(11(14)15-2)3-4-9(8)13-6/h3-5,13H,1-2H3. The fraction of sp³-hybridized carbons (Fsp3) is 0.182. The summed E-state index contributed by atoms with van der Waals surface area (Å²) in [4.78, 5) is 14.6. The summed E-state index contributed by atoms with van der Waals surface area (Å²) in [5.41, 5.74) is 2.75. The molecule has 0 saturated carbocycles. The molecule has 0 spiro atoms. The van der Waals surface area contributed by atoms with Gasteiger partial charge in [0.05, 0.1) is 12.7 Å². The quantitative estimate of drug-likeness (QED) is 0.649. The van der Waals surface area contributed by atoms with Crippen LogP contribution < -0.4 is 0 Å². The van der Waals surface area contributed by atoms with Crippen LogP contribution in [0.2, 0.25) is 0 Å². The molecule has 2 rings (SSSR count). The van der Waals surface area contributed by atoms with Crippen LogP contribution in [0.5, 0.6) is 0 Å². The Morgan fingerprint density at radius 3 is 2.87 bits per heavy atom. The van der Waals surface area contributed by atoms with Gasteiger partial charge in [-0.25, -0.2) is 4.79 Å². The van der Waals surface area contributed by atoms with Crippen molar-refractivity contribution in [3.05, 3.63) is 33.0 Å². The molecule has 0 aliphatic carbocycles. The number of halogens is 1. The zero-order valence-corrected chi connectivity index (χ0v) is 10.6. The molecular weight excluding hydrogens is 305 g/mol. The summed E-state index contributed by atoms with van der Waals surface area (Å²) >= 11 is 2.27. The molecule has 0 atom stereocenters. The molecule has 0 fully saturated rings. The number of fused-ring (bicyclic) bond motifs is 1. The van der Waals surface area contributed by atoms with Gasteiger partial charge in [0, 0.05) is 20.2 Å². The highest BCUT2D eigenvalue weighted by molar-refractivity contribution is 14.1. The number of aromatic amines is 1. The Balaban J connectivity index is 2.64. The number of benzene rings is 1. The van der Waals surface area contributed by atoms with E-state index in [-0.39, 0.29) is 5.97 Å². The third-order valence-electron chi connectivity index (χ3n) is 2.33. The number of esters is 1. The Hall–Kier alpha value is -1.04. The predicted molar refractivity (Wildman–Crippen MR) is 67.1 cm³/mol. The lowest BCUT2D eigenvalue weighted by atomic mass is 10.1. The highest BCUT2D eigenvalue weighted by Gasteiger charge is 2.10. The summed E-state index contributed by atoms with van der Waals surface area (Å²) in [5.74, 6) is -0.299. The Morgan fingerprint density at radius 1 is 1.47 bits per heavy atom. The van der Waals surface area contributed by atoms with Gasteiger partial charge in [-0.15, -0.1) is 0 Å². The molecule has 0 saturated heterocycles. The molecule has 0 bridgehead atoms. The van der Waals surface area contributed by atoms with E-state index in [2.05, 4.69) is 32.3 Å². The minimum absolute atomic E-state index is 0.299. The van der Waals surface area contributed by atoms with Crippen molar-refractivity contribution in [3.8, 4) is 0 Å². The first-order valence-electron chi connectivity index (χ1n) is 4.49.